The number of anilines is 1. The molecule has 1 heterocycles. The van der Waals surface area contributed by atoms with Gasteiger partial charge < -0.3 is 15.2 Å². The number of halogens is 5. The highest BCUT2D eigenvalue weighted by Crippen LogP contribution is 2.35. The van der Waals surface area contributed by atoms with Crippen LogP contribution in [-0.4, -0.2) is 32.6 Å². The maximum Gasteiger partial charge on any atom is 0.323 e. The standard InChI is InChI=1S/C25H20Cl2F3N5O/c1-25(30)20(12-11-19(28)22(25)29)32-24(36)31-15-8-6-14(7-9-15)23-34-33-21(35(23)2)13-10-16-17(26)4-3-5-18(16)27/h3-13,22H,1-2H3,(H2,31,32,36)/b13-10+. The Morgan fingerprint density at radius 3 is 2.39 bits per heavy atom. The summed E-state index contributed by atoms with van der Waals surface area (Å²) in [5.74, 6) is -0.106. The van der Waals surface area contributed by atoms with E-state index >= 15 is 0 Å². The first-order valence-corrected chi connectivity index (χ1v) is 11.4. The third kappa shape index (κ3) is 5.17. The molecule has 6 nitrogen and oxygen atoms in total. The van der Waals surface area contributed by atoms with Gasteiger partial charge in [-0.25, -0.2) is 18.0 Å². The number of allylic oxidation sites excluding steroid dienone is 4. The van der Waals surface area contributed by atoms with Gasteiger partial charge in [0.05, 0.1) is 5.70 Å². The molecule has 186 valence electrons. The molecular weight excluding hydrogens is 514 g/mol. The monoisotopic (exact) mass is 533 g/mol. The summed E-state index contributed by atoms with van der Waals surface area (Å²) >= 11 is 12.4. The fourth-order valence-electron chi connectivity index (χ4n) is 3.52. The molecule has 11 heteroatoms. The van der Waals surface area contributed by atoms with Gasteiger partial charge in [0.1, 0.15) is 5.83 Å². The van der Waals surface area contributed by atoms with E-state index in [0.717, 1.165) is 24.6 Å². The molecule has 0 fully saturated rings. The number of alkyl halides is 2. The molecule has 4 rings (SSSR count). The van der Waals surface area contributed by atoms with Crippen molar-refractivity contribution in [3.63, 3.8) is 0 Å². The number of rotatable bonds is 5. The molecule has 0 saturated heterocycles. The van der Waals surface area contributed by atoms with Crippen molar-refractivity contribution in [1.82, 2.24) is 20.1 Å². The van der Waals surface area contributed by atoms with Crippen LogP contribution in [-0.2, 0) is 7.05 Å². The van der Waals surface area contributed by atoms with Crippen LogP contribution in [0.3, 0.4) is 0 Å². The zero-order valence-electron chi connectivity index (χ0n) is 19.1. The van der Waals surface area contributed by atoms with Gasteiger partial charge in [0.15, 0.2) is 23.5 Å². The van der Waals surface area contributed by atoms with Crippen LogP contribution in [0.25, 0.3) is 23.5 Å². The number of benzene rings is 2. The molecule has 2 aromatic carbocycles. The lowest BCUT2D eigenvalue weighted by Crippen LogP contribution is -2.44. The van der Waals surface area contributed by atoms with Crippen LogP contribution in [0, 0.1) is 0 Å². The number of nitrogens with one attached hydrogen (secondary N) is 2. The third-order valence-corrected chi connectivity index (χ3v) is 6.27. The Morgan fingerprint density at radius 2 is 1.72 bits per heavy atom. The summed E-state index contributed by atoms with van der Waals surface area (Å²) in [6, 6.07) is 11.1. The minimum absolute atomic E-state index is 0.386. The maximum atomic E-state index is 14.6. The van der Waals surface area contributed by atoms with Gasteiger partial charge in [-0.15, -0.1) is 10.2 Å². The Kier molecular flexibility index (Phi) is 7.23. The Hall–Kier alpha value is -3.56. The van der Waals surface area contributed by atoms with E-state index in [1.165, 1.54) is 0 Å². The van der Waals surface area contributed by atoms with Gasteiger partial charge in [-0.2, -0.15) is 0 Å². The zero-order chi connectivity index (χ0) is 26.0. The fourth-order valence-corrected chi connectivity index (χ4v) is 4.05. The van der Waals surface area contributed by atoms with E-state index in [-0.39, 0.29) is 5.70 Å². The van der Waals surface area contributed by atoms with Crippen molar-refractivity contribution in [1.29, 1.82) is 0 Å². The Balaban J connectivity index is 1.45. The van der Waals surface area contributed by atoms with Crippen molar-refractivity contribution in [2.75, 3.05) is 5.32 Å². The average molecular weight is 534 g/mol. The van der Waals surface area contributed by atoms with Gasteiger partial charge >= 0.3 is 6.03 Å². The topological polar surface area (TPSA) is 71.8 Å². The lowest BCUT2D eigenvalue weighted by Gasteiger charge is -2.29. The Labute approximate surface area is 215 Å². The second-order valence-electron chi connectivity index (χ2n) is 8.14. The van der Waals surface area contributed by atoms with E-state index in [1.807, 2.05) is 0 Å². The van der Waals surface area contributed by atoms with Crippen LogP contribution in [0.4, 0.5) is 23.7 Å². The molecule has 0 aliphatic heterocycles. The molecule has 2 unspecified atom stereocenters. The molecule has 2 atom stereocenters. The van der Waals surface area contributed by atoms with E-state index in [9.17, 15) is 18.0 Å². The number of carbonyl (C=O) groups is 1. The molecule has 2 amide bonds. The number of aromatic nitrogens is 3. The van der Waals surface area contributed by atoms with Crippen LogP contribution >= 0.6 is 23.2 Å². The van der Waals surface area contributed by atoms with Gasteiger partial charge in [0, 0.05) is 33.9 Å². The largest absolute Gasteiger partial charge is 0.323 e. The van der Waals surface area contributed by atoms with E-state index in [1.54, 1.807) is 66.2 Å². The van der Waals surface area contributed by atoms with Crippen molar-refractivity contribution >= 4 is 47.1 Å². The molecule has 3 aromatic rings. The maximum absolute atomic E-state index is 14.6. The van der Waals surface area contributed by atoms with Crippen LogP contribution < -0.4 is 10.6 Å². The highest BCUT2D eigenvalue weighted by molar-refractivity contribution is 6.37. The SMILES string of the molecule is Cn1c(/C=C/c2c(Cl)cccc2Cl)nnc1-c1ccc(NC(=O)NC2=CC=C(F)C(F)C2(C)F)cc1. The van der Waals surface area contributed by atoms with Crippen LogP contribution in [0.5, 0.6) is 0 Å². The number of carbonyl (C=O) groups excluding carboxylic acids is 1. The van der Waals surface area contributed by atoms with Gasteiger partial charge in [-0.3, -0.25) is 0 Å². The molecule has 0 spiro atoms. The van der Waals surface area contributed by atoms with Gasteiger partial charge in [0.2, 0.25) is 0 Å². The summed E-state index contributed by atoms with van der Waals surface area (Å²) in [6.07, 6.45) is 2.78. The number of nitrogens with zero attached hydrogens (tertiary/aromatic N) is 3. The first-order chi connectivity index (χ1) is 17.1. The van der Waals surface area contributed by atoms with Crippen molar-refractivity contribution in [3.05, 3.63) is 87.6 Å². The van der Waals surface area contributed by atoms with Crippen molar-refractivity contribution in [2.24, 2.45) is 7.05 Å². The Morgan fingerprint density at radius 1 is 1.06 bits per heavy atom. The lowest BCUT2D eigenvalue weighted by molar-refractivity contribution is 0.101. The summed E-state index contributed by atoms with van der Waals surface area (Å²) in [7, 11) is 1.80. The van der Waals surface area contributed by atoms with Gasteiger partial charge in [-0.05, 0) is 67.6 Å². The molecule has 0 radical (unpaired) electrons. The fraction of sp³-hybridized carbons (Fsp3) is 0.160. The third-order valence-electron chi connectivity index (χ3n) is 5.61. The van der Waals surface area contributed by atoms with Crippen LogP contribution in [0.2, 0.25) is 10.0 Å². The molecule has 0 saturated carbocycles. The molecule has 1 aromatic heterocycles. The van der Waals surface area contributed by atoms with E-state index < -0.39 is 23.7 Å². The molecule has 0 bridgehead atoms. The minimum atomic E-state index is -2.70. The van der Waals surface area contributed by atoms with E-state index in [0.29, 0.717) is 32.9 Å². The highest BCUT2D eigenvalue weighted by atomic mass is 35.5. The molecule has 2 N–H and O–H groups in total. The van der Waals surface area contributed by atoms with Gasteiger partial charge in [0.25, 0.3) is 0 Å². The molecule has 1 aliphatic carbocycles. The number of hydrogen-bond donors (Lipinski definition) is 2. The van der Waals surface area contributed by atoms with E-state index in [4.69, 9.17) is 23.2 Å². The first kappa shape index (κ1) is 25.5. The smallest absolute Gasteiger partial charge is 0.311 e. The molecule has 36 heavy (non-hydrogen) atoms. The summed E-state index contributed by atoms with van der Waals surface area (Å²) in [4.78, 5) is 12.3. The second-order valence-corrected chi connectivity index (χ2v) is 8.95. The number of hydrogen-bond acceptors (Lipinski definition) is 3. The predicted molar refractivity (Wildman–Crippen MR) is 136 cm³/mol. The quantitative estimate of drug-likeness (QED) is 0.374. The normalized spacial score (nSPS) is 19.7. The highest BCUT2D eigenvalue weighted by Gasteiger charge is 2.44. The Bertz CT molecular complexity index is 1380. The van der Waals surface area contributed by atoms with E-state index in [2.05, 4.69) is 20.8 Å². The molecular formula is C25H20Cl2F3N5O. The predicted octanol–water partition coefficient (Wildman–Crippen LogP) is 6.90. The lowest BCUT2D eigenvalue weighted by atomic mass is 9.93. The average Bonchev–Trinajstić information content (AvgIpc) is 3.20. The summed E-state index contributed by atoms with van der Waals surface area (Å²) in [6.45, 7) is 0.860. The molecule has 1 aliphatic rings. The second kappa shape index (κ2) is 10.2. The summed E-state index contributed by atoms with van der Waals surface area (Å²) < 4.78 is 43.5. The summed E-state index contributed by atoms with van der Waals surface area (Å²) in [5.41, 5.74) is -1.31. The van der Waals surface area contributed by atoms with Crippen molar-refractivity contribution in [3.8, 4) is 11.4 Å². The number of amides is 2. The minimum Gasteiger partial charge on any atom is -0.311 e. The zero-order valence-corrected chi connectivity index (χ0v) is 20.6. The van der Waals surface area contributed by atoms with Crippen molar-refractivity contribution in [2.45, 2.75) is 18.8 Å². The van der Waals surface area contributed by atoms with Gasteiger partial charge in [-0.1, -0.05) is 29.3 Å². The van der Waals surface area contributed by atoms with Crippen LogP contribution in [0.1, 0.15) is 18.3 Å². The number of urea groups is 1. The van der Waals surface area contributed by atoms with Crippen molar-refractivity contribution < 1.29 is 18.0 Å². The first-order valence-electron chi connectivity index (χ1n) is 10.7. The van der Waals surface area contributed by atoms with Crippen LogP contribution in [0.15, 0.2) is 66.1 Å². The summed E-state index contributed by atoms with van der Waals surface area (Å²) in [5, 5.41) is 14.2.